The third-order valence-corrected chi connectivity index (χ3v) is 4.22. The summed E-state index contributed by atoms with van der Waals surface area (Å²) in [5.74, 6) is -3.40. The van der Waals surface area contributed by atoms with E-state index in [-0.39, 0.29) is 23.2 Å². The van der Waals surface area contributed by atoms with Crippen LogP contribution in [0.25, 0.3) is 0 Å². The molecule has 9 nitrogen and oxygen atoms in total. The van der Waals surface area contributed by atoms with Crippen molar-refractivity contribution < 1.29 is 32.6 Å². The molecular weight excluding hydrogens is 438 g/mol. The molecule has 0 bridgehead atoms. The molecule has 3 aromatic carbocycles. The van der Waals surface area contributed by atoms with Crippen LogP contribution in [0, 0.1) is 11.6 Å². The summed E-state index contributed by atoms with van der Waals surface area (Å²) in [5, 5.41) is 21.4. The standard InChI is InChI=1S/C22H14F2N4O5/c23-17-9-6-14(11-18(17)24)26-22-28-27-20(33-22)19(29)25-13-4-7-15(8-5-13)32-16-3-1-2-12(10-16)21(30)31/h1-11H,(H,25,29)(H,26,28)(H,30,31). The van der Waals surface area contributed by atoms with Gasteiger partial charge in [-0.2, -0.15) is 0 Å². The van der Waals surface area contributed by atoms with E-state index in [9.17, 15) is 18.4 Å². The highest BCUT2D eigenvalue weighted by Crippen LogP contribution is 2.24. The lowest BCUT2D eigenvalue weighted by atomic mass is 10.2. The van der Waals surface area contributed by atoms with Crippen molar-refractivity contribution in [2.24, 2.45) is 0 Å². The Balaban J connectivity index is 1.37. The van der Waals surface area contributed by atoms with Gasteiger partial charge in [0.2, 0.25) is 0 Å². The van der Waals surface area contributed by atoms with Crippen LogP contribution in [-0.4, -0.2) is 27.2 Å². The summed E-state index contributed by atoms with van der Waals surface area (Å²) in [4.78, 5) is 23.4. The maximum absolute atomic E-state index is 13.3. The zero-order chi connectivity index (χ0) is 23.4. The van der Waals surface area contributed by atoms with Crippen LogP contribution in [0.15, 0.2) is 71.1 Å². The molecule has 0 aliphatic heterocycles. The van der Waals surface area contributed by atoms with Crippen molar-refractivity contribution in [1.82, 2.24) is 10.2 Å². The first kappa shape index (κ1) is 21.4. The van der Waals surface area contributed by atoms with E-state index in [1.165, 1.54) is 18.2 Å². The summed E-state index contributed by atoms with van der Waals surface area (Å²) in [6, 6.07) is 15.2. The molecule has 11 heteroatoms. The van der Waals surface area contributed by atoms with Crippen LogP contribution < -0.4 is 15.4 Å². The Morgan fingerprint density at radius 2 is 1.64 bits per heavy atom. The van der Waals surface area contributed by atoms with Gasteiger partial charge in [0.15, 0.2) is 11.6 Å². The third-order valence-electron chi connectivity index (χ3n) is 4.22. The number of hydrogen-bond donors (Lipinski definition) is 3. The molecule has 3 N–H and O–H groups in total. The van der Waals surface area contributed by atoms with Crippen LogP contribution >= 0.6 is 0 Å². The minimum atomic E-state index is -1.07. The number of carbonyl (C=O) groups is 2. The number of aromatic carboxylic acids is 1. The van der Waals surface area contributed by atoms with Gasteiger partial charge in [-0.25, -0.2) is 13.6 Å². The SMILES string of the molecule is O=C(O)c1cccc(Oc2ccc(NC(=O)c3nnc(Nc4ccc(F)c(F)c4)o3)cc2)c1. The Bertz CT molecular complexity index is 1320. The van der Waals surface area contributed by atoms with Gasteiger partial charge in [-0.1, -0.05) is 11.2 Å². The van der Waals surface area contributed by atoms with E-state index in [4.69, 9.17) is 14.3 Å². The van der Waals surface area contributed by atoms with Crippen LogP contribution in [0.3, 0.4) is 0 Å². The molecule has 0 atom stereocenters. The fraction of sp³-hybridized carbons (Fsp3) is 0. The summed E-state index contributed by atoms with van der Waals surface area (Å²) in [7, 11) is 0. The number of aromatic nitrogens is 2. The predicted octanol–water partition coefficient (Wildman–Crippen LogP) is 4.83. The van der Waals surface area contributed by atoms with Crippen molar-refractivity contribution in [1.29, 1.82) is 0 Å². The van der Waals surface area contributed by atoms with Gasteiger partial charge < -0.3 is 24.9 Å². The molecule has 4 aromatic rings. The Hall–Kier alpha value is -4.80. The van der Waals surface area contributed by atoms with Gasteiger partial charge in [0, 0.05) is 17.4 Å². The normalized spacial score (nSPS) is 10.5. The first-order chi connectivity index (χ1) is 15.9. The van der Waals surface area contributed by atoms with Crippen molar-refractivity contribution in [2.45, 2.75) is 0 Å². The van der Waals surface area contributed by atoms with Gasteiger partial charge in [-0.3, -0.25) is 4.79 Å². The van der Waals surface area contributed by atoms with Gasteiger partial charge in [-0.15, -0.1) is 5.10 Å². The molecule has 1 heterocycles. The number of amides is 1. The van der Waals surface area contributed by atoms with E-state index < -0.39 is 23.5 Å². The second-order valence-corrected chi connectivity index (χ2v) is 6.58. The highest BCUT2D eigenvalue weighted by molar-refractivity contribution is 6.00. The smallest absolute Gasteiger partial charge is 0.335 e. The molecule has 1 aromatic heterocycles. The quantitative estimate of drug-likeness (QED) is 0.364. The number of nitrogens with zero attached hydrogens (tertiary/aromatic N) is 2. The van der Waals surface area contributed by atoms with Crippen LogP contribution in [0.1, 0.15) is 21.0 Å². The maximum atomic E-state index is 13.3. The number of ether oxygens (including phenoxy) is 1. The summed E-state index contributed by atoms with van der Waals surface area (Å²) < 4.78 is 37.1. The molecule has 4 rings (SSSR count). The van der Waals surface area contributed by atoms with Crippen LogP contribution in [0.5, 0.6) is 11.5 Å². The number of nitrogens with one attached hydrogen (secondary N) is 2. The molecule has 0 aliphatic rings. The number of benzene rings is 3. The van der Waals surface area contributed by atoms with Crippen molar-refractivity contribution >= 4 is 29.3 Å². The first-order valence-corrected chi connectivity index (χ1v) is 9.35. The average molecular weight is 452 g/mol. The number of halogens is 2. The zero-order valence-corrected chi connectivity index (χ0v) is 16.6. The van der Waals surface area contributed by atoms with E-state index in [2.05, 4.69) is 20.8 Å². The van der Waals surface area contributed by atoms with E-state index >= 15 is 0 Å². The monoisotopic (exact) mass is 452 g/mol. The molecule has 0 spiro atoms. The molecule has 0 saturated carbocycles. The van der Waals surface area contributed by atoms with Crippen LogP contribution in [-0.2, 0) is 0 Å². The van der Waals surface area contributed by atoms with Gasteiger partial charge in [0.1, 0.15) is 11.5 Å². The second kappa shape index (κ2) is 9.14. The summed E-state index contributed by atoms with van der Waals surface area (Å²) in [6.45, 7) is 0. The third kappa shape index (κ3) is 5.28. The number of carbonyl (C=O) groups excluding carboxylic acids is 1. The fourth-order valence-electron chi connectivity index (χ4n) is 2.68. The average Bonchev–Trinajstić information content (AvgIpc) is 3.26. The van der Waals surface area contributed by atoms with E-state index in [0.29, 0.717) is 17.2 Å². The molecule has 0 fully saturated rings. The predicted molar refractivity (Wildman–Crippen MR) is 112 cm³/mol. The first-order valence-electron chi connectivity index (χ1n) is 9.35. The van der Waals surface area contributed by atoms with Crippen LogP contribution in [0.2, 0.25) is 0 Å². The van der Waals surface area contributed by atoms with Crippen molar-refractivity contribution in [3.8, 4) is 11.5 Å². The molecule has 166 valence electrons. The Kier molecular flexibility index (Phi) is 5.94. The van der Waals surface area contributed by atoms with Crippen molar-refractivity contribution in [2.75, 3.05) is 10.6 Å². The molecular formula is C22H14F2N4O5. The summed E-state index contributed by atoms with van der Waals surface area (Å²) in [5.41, 5.74) is 0.656. The minimum absolute atomic E-state index is 0.0920. The topological polar surface area (TPSA) is 127 Å². The van der Waals surface area contributed by atoms with E-state index in [1.807, 2.05) is 0 Å². The lowest BCUT2D eigenvalue weighted by molar-refractivity contribution is 0.0696. The molecule has 33 heavy (non-hydrogen) atoms. The van der Waals surface area contributed by atoms with Crippen LogP contribution in [0.4, 0.5) is 26.2 Å². The highest BCUT2D eigenvalue weighted by Gasteiger charge is 2.16. The fourth-order valence-corrected chi connectivity index (χ4v) is 2.68. The van der Waals surface area contributed by atoms with Crippen molar-refractivity contribution in [3.05, 3.63) is 89.8 Å². The number of anilines is 3. The molecule has 1 amide bonds. The summed E-state index contributed by atoms with van der Waals surface area (Å²) >= 11 is 0. The van der Waals surface area contributed by atoms with E-state index in [0.717, 1.165) is 12.1 Å². The largest absolute Gasteiger partial charge is 0.478 e. The van der Waals surface area contributed by atoms with Gasteiger partial charge in [0.25, 0.3) is 0 Å². The summed E-state index contributed by atoms with van der Waals surface area (Å²) in [6.07, 6.45) is 0. The number of carboxylic acids is 1. The Labute approximate surface area is 184 Å². The zero-order valence-electron chi connectivity index (χ0n) is 16.6. The van der Waals surface area contributed by atoms with Gasteiger partial charge in [0.05, 0.1) is 5.56 Å². The molecule has 0 saturated heterocycles. The molecule has 0 aliphatic carbocycles. The number of hydrogen-bond acceptors (Lipinski definition) is 7. The van der Waals surface area contributed by atoms with Gasteiger partial charge >= 0.3 is 23.8 Å². The highest BCUT2D eigenvalue weighted by atomic mass is 19.2. The number of rotatable bonds is 7. The lowest BCUT2D eigenvalue weighted by Gasteiger charge is -2.08. The second-order valence-electron chi connectivity index (χ2n) is 6.58. The molecule has 0 unspecified atom stereocenters. The number of carboxylic acid groups (broad SMARTS) is 1. The van der Waals surface area contributed by atoms with Gasteiger partial charge in [-0.05, 0) is 54.6 Å². The Morgan fingerprint density at radius 1 is 0.879 bits per heavy atom. The Morgan fingerprint density at radius 3 is 2.36 bits per heavy atom. The molecule has 0 radical (unpaired) electrons. The van der Waals surface area contributed by atoms with E-state index in [1.54, 1.807) is 36.4 Å². The minimum Gasteiger partial charge on any atom is -0.478 e. The maximum Gasteiger partial charge on any atom is 0.335 e. The van der Waals surface area contributed by atoms with Crippen molar-refractivity contribution in [3.63, 3.8) is 0 Å². The lowest BCUT2D eigenvalue weighted by Crippen LogP contribution is -2.12.